The summed E-state index contributed by atoms with van der Waals surface area (Å²) in [5.41, 5.74) is 1.33. The molecule has 0 bridgehead atoms. The average molecular weight is 813 g/mol. The molecule has 298 valence electrons. The first-order chi connectivity index (χ1) is 27.9. The van der Waals surface area contributed by atoms with Gasteiger partial charge in [0.05, 0.1) is 25.2 Å². The van der Waals surface area contributed by atoms with E-state index in [1.807, 2.05) is 118 Å². The Labute approximate surface area is 341 Å². The number of Topliss-reactive ketones (excluding diaryl/α,β-unsaturated/α-hetero) is 1. The molecule has 5 aromatic carbocycles. The number of nitrogens with zero attached hydrogens (tertiary/aromatic N) is 1. The van der Waals surface area contributed by atoms with Gasteiger partial charge in [0, 0.05) is 30.1 Å². The molecule has 0 aromatic heterocycles. The maximum atomic E-state index is 15.0. The molecular weight excluding hydrogens is 764 g/mol. The van der Waals surface area contributed by atoms with Gasteiger partial charge in [-0.25, -0.2) is 4.79 Å². The fraction of sp³-hybridized carbons (Fsp3) is 0.213. The van der Waals surface area contributed by atoms with Crippen LogP contribution in [0, 0.1) is 5.92 Å². The van der Waals surface area contributed by atoms with Crippen LogP contribution in [0.4, 0.5) is 5.69 Å². The van der Waals surface area contributed by atoms with Gasteiger partial charge < -0.3 is 24.1 Å². The minimum atomic E-state index is -3.22. The maximum absolute atomic E-state index is 15.0. The van der Waals surface area contributed by atoms with Crippen LogP contribution < -0.4 is 26.0 Å². The zero-order valence-corrected chi connectivity index (χ0v) is 35.4. The molecule has 1 heterocycles. The van der Waals surface area contributed by atoms with E-state index in [1.165, 1.54) is 11.0 Å². The molecule has 9 nitrogen and oxygen atoms in total. The second-order valence-corrected chi connectivity index (χ2v) is 22.8. The molecule has 3 atom stereocenters. The molecule has 11 heteroatoms. The number of β-lactam (4-membered cyclic amide) rings is 1. The largest absolute Gasteiger partial charge is 0.497 e. The van der Waals surface area contributed by atoms with Gasteiger partial charge in [-0.3, -0.25) is 14.4 Å². The van der Waals surface area contributed by atoms with Crippen molar-refractivity contribution >= 4 is 65.8 Å². The van der Waals surface area contributed by atoms with Crippen LogP contribution in [-0.4, -0.2) is 68.1 Å². The van der Waals surface area contributed by atoms with Crippen LogP contribution in [0.25, 0.3) is 0 Å². The van der Waals surface area contributed by atoms with Crippen LogP contribution in [0.3, 0.4) is 0 Å². The first-order valence-corrected chi connectivity index (χ1v) is 24.4. The summed E-state index contributed by atoms with van der Waals surface area (Å²) in [6, 6.07) is 41.8. The number of amides is 2. The Morgan fingerprint density at radius 1 is 0.793 bits per heavy atom. The molecule has 5 aromatic rings. The van der Waals surface area contributed by atoms with E-state index < -0.39 is 39.2 Å². The van der Waals surface area contributed by atoms with Gasteiger partial charge in [0.2, 0.25) is 5.91 Å². The van der Waals surface area contributed by atoms with E-state index in [0.717, 1.165) is 15.9 Å². The zero-order valence-electron chi connectivity index (χ0n) is 33.5. The van der Waals surface area contributed by atoms with Crippen molar-refractivity contribution < 1.29 is 33.1 Å². The van der Waals surface area contributed by atoms with Crippen LogP contribution in [0.5, 0.6) is 5.75 Å². The lowest BCUT2D eigenvalue weighted by atomic mass is 9.79. The molecule has 6 rings (SSSR count). The quantitative estimate of drug-likeness (QED) is 0.0276. The number of hydrogen-bond acceptors (Lipinski definition) is 7. The smallest absolute Gasteiger partial charge is 0.356 e. The molecule has 0 saturated carbocycles. The third kappa shape index (κ3) is 8.85. The number of ketones is 1. The molecule has 1 N–H and O–H groups in total. The van der Waals surface area contributed by atoms with Crippen molar-refractivity contribution in [2.45, 2.75) is 45.1 Å². The molecule has 0 aliphatic carbocycles. The minimum Gasteiger partial charge on any atom is -0.497 e. The van der Waals surface area contributed by atoms with Crippen molar-refractivity contribution in [3.63, 3.8) is 0 Å². The van der Waals surface area contributed by atoms with E-state index in [9.17, 15) is 19.2 Å². The lowest BCUT2D eigenvalue weighted by Crippen LogP contribution is -2.69. The Bertz CT molecular complexity index is 2220. The summed E-state index contributed by atoms with van der Waals surface area (Å²) in [7, 11) is -0.612. The number of anilines is 1. The fourth-order valence-corrected chi connectivity index (χ4v) is 13.2. The van der Waals surface area contributed by atoms with Crippen LogP contribution >= 0.6 is 6.89 Å². The first kappa shape index (κ1) is 41.8. The predicted molar refractivity (Wildman–Crippen MR) is 236 cm³/mol. The van der Waals surface area contributed by atoms with Gasteiger partial charge in [-0.05, 0) is 78.9 Å². The highest BCUT2D eigenvalue weighted by Gasteiger charge is 2.56. The number of rotatable bonds is 16. The number of carbonyl (C=O) groups excluding carboxylic acids is 4. The summed E-state index contributed by atoms with van der Waals surface area (Å²) in [6.07, 6.45) is 0.793. The molecule has 1 aliphatic heterocycles. The number of benzene rings is 5. The highest BCUT2D eigenvalue weighted by molar-refractivity contribution is 7.96. The first-order valence-electron chi connectivity index (χ1n) is 19.2. The third-order valence-corrected chi connectivity index (χ3v) is 15.3. The van der Waals surface area contributed by atoms with Gasteiger partial charge in [0.25, 0.3) is 5.91 Å². The van der Waals surface area contributed by atoms with Gasteiger partial charge in [-0.1, -0.05) is 116 Å². The Kier molecular flexibility index (Phi) is 13.1. The molecule has 1 fully saturated rings. The zero-order chi connectivity index (χ0) is 41.5. The summed E-state index contributed by atoms with van der Waals surface area (Å²) in [4.78, 5) is 59.4. The van der Waals surface area contributed by atoms with Crippen molar-refractivity contribution in [2.24, 2.45) is 5.92 Å². The summed E-state index contributed by atoms with van der Waals surface area (Å²) in [6.45, 7) is 8.49. The maximum Gasteiger partial charge on any atom is 0.356 e. The van der Waals surface area contributed by atoms with E-state index in [0.29, 0.717) is 17.0 Å². The monoisotopic (exact) mass is 812 g/mol. The van der Waals surface area contributed by atoms with E-state index in [2.05, 4.69) is 11.9 Å². The SMILES string of the molecule is C=CCOC(=O)C(N1C(=O)[C@H]([C@@H](C)O[Si](C)(C)C)[C@H]1CC(=O)c1cccc(C(=O)Nc2ccc(OC)cc2)c1)=P(c1ccccc1)(c1ccccc1)c1ccccc1. The normalized spacial score (nSPS) is 15.7. The Balaban J connectivity index is 1.52. The minimum absolute atomic E-state index is 0.0870. The number of methoxy groups -OCH3 is 1. The van der Waals surface area contributed by atoms with Crippen molar-refractivity contribution in [2.75, 3.05) is 19.0 Å². The van der Waals surface area contributed by atoms with Gasteiger partial charge in [0.15, 0.2) is 14.1 Å². The van der Waals surface area contributed by atoms with Gasteiger partial charge in [0.1, 0.15) is 17.8 Å². The summed E-state index contributed by atoms with van der Waals surface area (Å²) in [5, 5.41) is 5.38. The number of esters is 1. The van der Waals surface area contributed by atoms with Gasteiger partial charge in [-0.15, -0.1) is 0 Å². The van der Waals surface area contributed by atoms with E-state index in [-0.39, 0.29) is 41.6 Å². The highest BCUT2D eigenvalue weighted by atomic mass is 31.2. The van der Waals surface area contributed by atoms with Crippen LogP contribution in [0.15, 0.2) is 152 Å². The summed E-state index contributed by atoms with van der Waals surface area (Å²) >= 11 is 0. The lowest BCUT2D eigenvalue weighted by Gasteiger charge is -2.52. The molecule has 2 amide bonds. The Morgan fingerprint density at radius 2 is 1.33 bits per heavy atom. The second kappa shape index (κ2) is 18.2. The predicted octanol–water partition coefficient (Wildman–Crippen LogP) is 7.44. The van der Waals surface area contributed by atoms with E-state index in [1.54, 1.807) is 55.6 Å². The highest BCUT2D eigenvalue weighted by Crippen LogP contribution is 2.50. The average Bonchev–Trinajstić information content (AvgIpc) is 3.23. The van der Waals surface area contributed by atoms with E-state index >= 15 is 0 Å². The van der Waals surface area contributed by atoms with Gasteiger partial charge >= 0.3 is 5.97 Å². The fourth-order valence-electron chi connectivity index (χ4n) is 7.58. The van der Waals surface area contributed by atoms with E-state index in [4.69, 9.17) is 13.9 Å². The molecule has 58 heavy (non-hydrogen) atoms. The van der Waals surface area contributed by atoms with Crippen molar-refractivity contribution in [3.05, 3.63) is 163 Å². The molecular formula is C47H49N2O7PSi. The van der Waals surface area contributed by atoms with Crippen LogP contribution in [-0.2, 0) is 18.8 Å². The molecule has 0 spiro atoms. The molecule has 1 aliphatic rings. The Hall–Kier alpha value is -5.80. The van der Waals surface area contributed by atoms with Crippen molar-refractivity contribution in [3.8, 4) is 5.75 Å². The number of ether oxygens (including phenoxy) is 2. The molecule has 0 unspecified atom stereocenters. The number of hydrogen-bond donors (Lipinski definition) is 1. The van der Waals surface area contributed by atoms with Crippen molar-refractivity contribution in [1.82, 2.24) is 4.90 Å². The number of nitrogens with one attached hydrogen (secondary N) is 1. The van der Waals surface area contributed by atoms with Gasteiger partial charge in [-0.2, -0.15) is 0 Å². The van der Waals surface area contributed by atoms with Crippen LogP contribution in [0.2, 0.25) is 19.6 Å². The summed E-state index contributed by atoms with van der Waals surface area (Å²) < 4.78 is 17.7. The van der Waals surface area contributed by atoms with Crippen molar-refractivity contribution in [1.29, 1.82) is 0 Å². The Morgan fingerprint density at radius 3 is 1.83 bits per heavy atom. The summed E-state index contributed by atoms with van der Waals surface area (Å²) in [5.74, 6) is -1.78. The topological polar surface area (TPSA) is 111 Å². The lowest BCUT2D eigenvalue weighted by molar-refractivity contribution is -0.156. The van der Waals surface area contributed by atoms with Crippen LogP contribution in [0.1, 0.15) is 34.1 Å². The second-order valence-electron chi connectivity index (χ2n) is 15.0. The third-order valence-electron chi connectivity index (χ3n) is 9.99. The number of likely N-dealkylation sites (tertiary alicyclic amines) is 1. The molecule has 1 saturated heterocycles. The molecule has 0 radical (unpaired) electrons. The standard InChI is InChI=1S/C47H49N2O7PSi/c1-7-30-55-47(53)46(57(38-20-11-8-12-21-38,39-22-13-9-14-23-39)40-24-15-10-16-25-40)49-41(43(45(49)52)33(2)56-58(4,5)6)32-42(50)34-18-17-19-35(31-34)44(51)48-36-26-28-37(54-3)29-27-36/h7-29,31,33,41,43H,1,30,32H2,2-6H3,(H,48,51)/t33-,41-,43-/m1/s1. The number of carbonyl (C=O) groups is 4.